The molecule has 0 bridgehead atoms. The summed E-state index contributed by atoms with van der Waals surface area (Å²) < 4.78 is 5.45. The normalized spacial score (nSPS) is 15.9. The molecule has 2 N–H and O–H groups in total. The van der Waals surface area contributed by atoms with Crippen molar-refractivity contribution in [3.05, 3.63) is 35.9 Å². The molecule has 0 spiro atoms. The van der Waals surface area contributed by atoms with E-state index in [4.69, 9.17) is 4.74 Å². The zero-order valence-electron chi connectivity index (χ0n) is 20.7. The van der Waals surface area contributed by atoms with Crippen molar-refractivity contribution in [3.8, 4) is 0 Å². The van der Waals surface area contributed by atoms with Crippen molar-refractivity contribution < 1.29 is 14.3 Å². The van der Waals surface area contributed by atoms with Gasteiger partial charge in [-0.2, -0.15) is 0 Å². The monoisotopic (exact) mass is 459 g/mol. The highest BCUT2D eigenvalue weighted by atomic mass is 16.6. The van der Waals surface area contributed by atoms with Crippen molar-refractivity contribution in [1.82, 2.24) is 15.5 Å². The molecule has 1 fully saturated rings. The van der Waals surface area contributed by atoms with Crippen LogP contribution in [0.5, 0.6) is 0 Å². The number of hydrogen-bond donors (Lipinski definition) is 2. The minimum absolute atomic E-state index is 0.0954. The van der Waals surface area contributed by atoms with E-state index in [1.54, 1.807) is 4.90 Å². The van der Waals surface area contributed by atoms with Crippen LogP contribution in [0, 0.1) is 0 Å². The number of ether oxygens (including phenoxy) is 1. The number of amides is 2. The van der Waals surface area contributed by atoms with Gasteiger partial charge < -0.3 is 15.4 Å². The van der Waals surface area contributed by atoms with E-state index in [0.717, 1.165) is 18.4 Å². The van der Waals surface area contributed by atoms with E-state index < -0.39 is 12.1 Å². The highest BCUT2D eigenvalue weighted by Gasteiger charge is 2.32. The van der Waals surface area contributed by atoms with E-state index >= 15 is 0 Å². The first-order chi connectivity index (χ1) is 16.2. The van der Waals surface area contributed by atoms with Crippen LogP contribution >= 0.6 is 0 Å². The van der Waals surface area contributed by atoms with E-state index in [-0.39, 0.29) is 12.5 Å². The number of nitrogens with one attached hydrogen (secondary N) is 2. The predicted octanol–water partition coefficient (Wildman–Crippen LogP) is 5.41. The first-order valence-corrected chi connectivity index (χ1v) is 13.2. The van der Waals surface area contributed by atoms with Gasteiger partial charge in [-0.15, -0.1) is 0 Å². The smallest absolute Gasteiger partial charge is 0.410 e. The molecular formula is C27H45N3O3. The maximum atomic E-state index is 12.7. The second-order valence-electron chi connectivity index (χ2n) is 9.13. The minimum Gasteiger partial charge on any atom is -0.445 e. The van der Waals surface area contributed by atoms with Gasteiger partial charge in [-0.1, -0.05) is 108 Å². The molecule has 1 aromatic rings. The quantitative estimate of drug-likeness (QED) is 0.324. The molecule has 1 aliphatic rings. The number of unbranched alkanes of at least 4 members (excludes halogenated alkanes) is 11. The number of carbonyl (C=O) groups is 2. The standard InChI is InChI=1S/C27H45N3O3/c1-2-3-4-5-6-7-8-9-10-11-12-16-19-29-26(31)25-22-28-20-21-30(25)27(32)33-23-24-17-14-13-15-18-24/h13-15,17-18,25,28H,2-12,16,19-23H2,1H3,(H,29,31). The molecule has 0 radical (unpaired) electrons. The molecule has 2 amide bonds. The first kappa shape index (κ1) is 27.2. The Balaban J connectivity index is 1.54. The van der Waals surface area contributed by atoms with Gasteiger partial charge in [-0.25, -0.2) is 4.79 Å². The van der Waals surface area contributed by atoms with Crippen molar-refractivity contribution in [2.75, 3.05) is 26.2 Å². The fourth-order valence-corrected chi connectivity index (χ4v) is 4.25. The van der Waals surface area contributed by atoms with Crippen molar-refractivity contribution in [1.29, 1.82) is 0 Å². The van der Waals surface area contributed by atoms with Gasteiger partial charge in [0.1, 0.15) is 12.6 Å². The summed E-state index contributed by atoms with van der Waals surface area (Å²) >= 11 is 0. The third kappa shape index (κ3) is 11.6. The summed E-state index contributed by atoms with van der Waals surface area (Å²) in [6.45, 7) is 4.76. The van der Waals surface area contributed by atoms with Crippen LogP contribution in [0.25, 0.3) is 0 Å². The maximum Gasteiger partial charge on any atom is 0.410 e. The lowest BCUT2D eigenvalue weighted by Gasteiger charge is -2.34. The lowest BCUT2D eigenvalue weighted by molar-refractivity contribution is -0.126. The van der Waals surface area contributed by atoms with Crippen LogP contribution in [0.4, 0.5) is 4.79 Å². The maximum absolute atomic E-state index is 12.7. The van der Waals surface area contributed by atoms with Gasteiger partial charge in [0, 0.05) is 26.2 Å². The molecule has 186 valence electrons. The molecule has 1 aromatic carbocycles. The van der Waals surface area contributed by atoms with Crippen LogP contribution in [0.2, 0.25) is 0 Å². The molecular weight excluding hydrogens is 414 g/mol. The Morgan fingerprint density at radius 2 is 1.55 bits per heavy atom. The number of carbonyl (C=O) groups excluding carboxylic acids is 2. The molecule has 0 aromatic heterocycles. The molecule has 33 heavy (non-hydrogen) atoms. The predicted molar refractivity (Wildman–Crippen MR) is 134 cm³/mol. The van der Waals surface area contributed by atoms with E-state index in [9.17, 15) is 9.59 Å². The van der Waals surface area contributed by atoms with Gasteiger partial charge >= 0.3 is 6.09 Å². The molecule has 1 heterocycles. The number of hydrogen-bond acceptors (Lipinski definition) is 4. The SMILES string of the molecule is CCCCCCCCCCCCCCNC(=O)C1CNCCN1C(=O)OCc1ccccc1. The summed E-state index contributed by atoms with van der Waals surface area (Å²) in [5, 5.41) is 6.23. The Kier molecular flexibility index (Phi) is 14.3. The molecule has 1 atom stereocenters. The highest BCUT2D eigenvalue weighted by molar-refractivity contribution is 5.86. The first-order valence-electron chi connectivity index (χ1n) is 13.2. The Labute approximate surface area is 200 Å². The zero-order chi connectivity index (χ0) is 23.6. The van der Waals surface area contributed by atoms with E-state index in [0.29, 0.717) is 26.2 Å². The molecule has 1 aliphatic heterocycles. The van der Waals surface area contributed by atoms with Crippen LogP contribution < -0.4 is 10.6 Å². The molecule has 0 saturated carbocycles. The number of benzene rings is 1. The fourth-order valence-electron chi connectivity index (χ4n) is 4.25. The van der Waals surface area contributed by atoms with Crippen molar-refractivity contribution in [3.63, 3.8) is 0 Å². The lowest BCUT2D eigenvalue weighted by atomic mass is 10.1. The van der Waals surface area contributed by atoms with Crippen LogP contribution in [0.15, 0.2) is 30.3 Å². The summed E-state index contributed by atoms with van der Waals surface area (Å²) in [5.74, 6) is -0.0954. The molecule has 1 saturated heterocycles. The van der Waals surface area contributed by atoms with Crippen molar-refractivity contribution in [2.24, 2.45) is 0 Å². The van der Waals surface area contributed by atoms with E-state index in [2.05, 4.69) is 17.6 Å². The average molecular weight is 460 g/mol. The summed E-state index contributed by atoms with van der Waals surface area (Å²) in [6.07, 6.45) is 15.2. The molecule has 2 rings (SSSR count). The van der Waals surface area contributed by atoms with Crippen molar-refractivity contribution in [2.45, 2.75) is 96.6 Å². The minimum atomic E-state index is -0.514. The Bertz CT molecular complexity index is 653. The summed E-state index contributed by atoms with van der Waals surface area (Å²) in [5.41, 5.74) is 0.939. The number of rotatable bonds is 16. The second kappa shape index (κ2) is 17.4. The van der Waals surface area contributed by atoms with Gasteiger partial charge in [0.2, 0.25) is 5.91 Å². The third-order valence-electron chi connectivity index (χ3n) is 6.32. The summed E-state index contributed by atoms with van der Waals surface area (Å²) in [4.78, 5) is 26.8. The highest BCUT2D eigenvalue weighted by Crippen LogP contribution is 2.12. The van der Waals surface area contributed by atoms with Crippen LogP contribution in [-0.2, 0) is 16.1 Å². The van der Waals surface area contributed by atoms with Crippen LogP contribution in [0.1, 0.15) is 89.5 Å². The summed E-state index contributed by atoms with van der Waals surface area (Å²) in [7, 11) is 0. The molecule has 6 nitrogen and oxygen atoms in total. The third-order valence-corrected chi connectivity index (χ3v) is 6.32. The van der Waals surface area contributed by atoms with Crippen LogP contribution in [0.3, 0.4) is 0 Å². The second-order valence-corrected chi connectivity index (χ2v) is 9.13. The topological polar surface area (TPSA) is 70.7 Å². The Hall–Kier alpha value is -2.08. The molecule has 0 aliphatic carbocycles. The van der Waals surface area contributed by atoms with Gasteiger partial charge in [0.05, 0.1) is 0 Å². The largest absolute Gasteiger partial charge is 0.445 e. The van der Waals surface area contributed by atoms with Gasteiger partial charge in [0.25, 0.3) is 0 Å². The van der Waals surface area contributed by atoms with E-state index in [1.165, 1.54) is 64.2 Å². The van der Waals surface area contributed by atoms with Gasteiger partial charge in [-0.3, -0.25) is 9.69 Å². The van der Waals surface area contributed by atoms with Gasteiger partial charge in [-0.05, 0) is 12.0 Å². The number of nitrogens with zero attached hydrogens (tertiary/aromatic N) is 1. The van der Waals surface area contributed by atoms with Crippen molar-refractivity contribution >= 4 is 12.0 Å². The average Bonchev–Trinajstić information content (AvgIpc) is 2.86. The fraction of sp³-hybridized carbons (Fsp3) is 0.704. The molecule has 1 unspecified atom stereocenters. The lowest BCUT2D eigenvalue weighted by Crippen LogP contribution is -2.59. The Morgan fingerprint density at radius 1 is 0.939 bits per heavy atom. The van der Waals surface area contributed by atoms with Crippen LogP contribution in [-0.4, -0.2) is 49.1 Å². The zero-order valence-corrected chi connectivity index (χ0v) is 20.7. The van der Waals surface area contributed by atoms with Gasteiger partial charge in [0.15, 0.2) is 0 Å². The summed E-state index contributed by atoms with van der Waals surface area (Å²) in [6, 6.07) is 9.09. The van der Waals surface area contributed by atoms with E-state index in [1.807, 2.05) is 30.3 Å². The molecule has 6 heteroatoms. The number of piperazine rings is 1. The Morgan fingerprint density at radius 3 is 2.18 bits per heavy atom.